The molecule has 0 atom stereocenters. The zero-order valence-electron chi connectivity index (χ0n) is 8.35. The van der Waals surface area contributed by atoms with Gasteiger partial charge in [0.1, 0.15) is 3.14 Å². The highest BCUT2D eigenvalue weighted by Gasteiger charge is 2.16. The SMILES string of the molecule is CN(C)N=C1CSc2sc(=S)sc2SC1. The van der Waals surface area contributed by atoms with E-state index in [0.29, 0.717) is 0 Å². The molecule has 0 unspecified atom stereocenters. The lowest BCUT2D eigenvalue weighted by molar-refractivity contribution is 0.437. The number of rotatable bonds is 1. The molecular formula is C8H10N2S5. The molecule has 2 nitrogen and oxygen atoms in total. The van der Waals surface area contributed by atoms with Crippen LogP contribution in [-0.2, 0) is 0 Å². The molecule has 1 aromatic rings. The van der Waals surface area contributed by atoms with E-state index in [-0.39, 0.29) is 0 Å². The maximum atomic E-state index is 5.20. The molecule has 82 valence electrons. The first-order valence-corrected chi connectivity index (χ1v) is 8.29. The third-order valence-electron chi connectivity index (χ3n) is 1.60. The van der Waals surface area contributed by atoms with Crippen LogP contribution in [0.15, 0.2) is 13.5 Å². The van der Waals surface area contributed by atoms with Gasteiger partial charge < -0.3 is 5.01 Å². The van der Waals surface area contributed by atoms with E-state index in [9.17, 15) is 0 Å². The fourth-order valence-electron chi connectivity index (χ4n) is 1.11. The van der Waals surface area contributed by atoms with Crippen LogP contribution in [-0.4, -0.2) is 36.3 Å². The summed E-state index contributed by atoms with van der Waals surface area (Å²) in [6, 6.07) is 0. The van der Waals surface area contributed by atoms with Crippen LogP contribution in [0.5, 0.6) is 0 Å². The van der Waals surface area contributed by atoms with Crippen molar-refractivity contribution in [1.29, 1.82) is 0 Å². The van der Waals surface area contributed by atoms with Gasteiger partial charge in [-0.15, -0.1) is 46.2 Å². The molecule has 0 bridgehead atoms. The average Bonchev–Trinajstić information content (AvgIpc) is 2.41. The van der Waals surface area contributed by atoms with E-state index in [0.717, 1.165) is 14.6 Å². The summed E-state index contributed by atoms with van der Waals surface area (Å²) in [6.07, 6.45) is 0. The van der Waals surface area contributed by atoms with Gasteiger partial charge in [-0.2, -0.15) is 5.10 Å². The Balaban J connectivity index is 2.16. The van der Waals surface area contributed by atoms with E-state index in [1.165, 1.54) is 14.1 Å². The summed E-state index contributed by atoms with van der Waals surface area (Å²) in [5.41, 5.74) is 1.25. The van der Waals surface area contributed by atoms with Gasteiger partial charge in [0.2, 0.25) is 0 Å². The van der Waals surface area contributed by atoms with E-state index < -0.39 is 0 Å². The second-order valence-electron chi connectivity index (χ2n) is 3.12. The third-order valence-corrected chi connectivity index (χ3v) is 7.32. The minimum absolute atomic E-state index is 0.986. The molecular weight excluding hydrogens is 284 g/mol. The van der Waals surface area contributed by atoms with Crippen molar-refractivity contribution >= 4 is 64.1 Å². The summed E-state index contributed by atoms with van der Waals surface area (Å²) in [5, 5.41) is 6.35. The summed E-state index contributed by atoms with van der Waals surface area (Å²) in [6.45, 7) is 0. The molecule has 7 heteroatoms. The first kappa shape index (κ1) is 11.9. The van der Waals surface area contributed by atoms with Crippen LogP contribution in [0.2, 0.25) is 0 Å². The molecule has 0 fully saturated rings. The molecule has 0 spiro atoms. The fourth-order valence-corrected chi connectivity index (χ4v) is 7.19. The van der Waals surface area contributed by atoms with Crippen molar-refractivity contribution in [3.63, 3.8) is 0 Å². The normalized spacial score (nSPS) is 15.7. The molecule has 0 saturated heterocycles. The van der Waals surface area contributed by atoms with Crippen LogP contribution >= 0.6 is 58.4 Å². The summed E-state index contributed by atoms with van der Waals surface area (Å²) >= 11 is 12.4. The molecule has 1 aliphatic heterocycles. The van der Waals surface area contributed by atoms with Gasteiger partial charge in [0, 0.05) is 25.6 Å². The zero-order chi connectivity index (χ0) is 10.8. The highest BCUT2D eigenvalue weighted by atomic mass is 32.2. The maximum Gasteiger partial charge on any atom is 0.145 e. The van der Waals surface area contributed by atoms with Crippen molar-refractivity contribution in [1.82, 2.24) is 5.01 Å². The van der Waals surface area contributed by atoms with Gasteiger partial charge in [0.05, 0.1) is 14.1 Å². The number of nitrogens with zero attached hydrogens (tertiary/aromatic N) is 2. The summed E-state index contributed by atoms with van der Waals surface area (Å²) in [4.78, 5) is 0. The molecule has 0 radical (unpaired) electrons. The van der Waals surface area contributed by atoms with Crippen LogP contribution in [0.4, 0.5) is 0 Å². The second-order valence-corrected chi connectivity index (χ2v) is 8.83. The van der Waals surface area contributed by atoms with Gasteiger partial charge in [0.25, 0.3) is 0 Å². The third kappa shape index (κ3) is 3.20. The highest BCUT2D eigenvalue weighted by molar-refractivity contribution is 8.07. The molecule has 1 aromatic heterocycles. The van der Waals surface area contributed by atoms with E-state index in [2.05, 4.69) is 5.10 Å². The van der Waals surface area contributed by atoms with Gasteiger partial charge in [-0.05, 0) is 0 Å². The molecule has 0 saturated carbocycles. The molecule has 0 aliphatic carbocycles. The minimum atomic E-state index is 0.986. The predicted octanol–water partition coefficient (Wildman–Crippen LogP) is 3.65. The number of thioether (sulfide) groups is 2. The Kier molecular flexibility index (Phi) is 4.11. The van der Waals surface area contributed by atoms with Crippen molar-refractivity contribution in [2.24, 2.45) is 5.10 Å². The Morgan fingerprint density at radius 1 is 1.13 bits per heavy atom. The molecule has 0 N–H and O–H groups in total. The quantitative estimate of drug-likeness (QED) is 0.580. The zero-order valence-corrected chi connectivity index (χ0v) is 12.4. The Labute approximate surface area is 111 Å². The van der Waals surface area contributed by atoms with Crippen molar-refractivity contribution in [3.8, 4) is 0 Å². The largest absolute Gasteiger partial charge is 0.303 e. The molecule has 1 aliphatic rings. The van der Waals surface area contributed by atoms with Gasteiger partial charge in [-0.1, -0.05) is 12.2 Å². The predicted molar refractivity (Wildman–Crippen MR) is 75.6 cm³/mol. The average molecular weight is 295 g/mol. The van der Waals surface area contributed by atoms with Gasteiger partial charge in [0.15, 0.2) is 0 Å². The van der Waals surface area contributed by atoms with Crippen molar-refractivity contribution in [2.45, 2.75) is 8.42 Å². The monoisotopic (exact) mass is 294 g/mol. The lowest BCUT2D eigenvalue weighted by Gasteiger charge is -2.07. The fraction of sp³-hybridized carbons (Fsp3) is 0.500. The van der Waals surface area contributed by atoms with Gasteiger partial charge in [-0.3, -0.25) is 0 Å². The number of hydrogen-bond acceptors (Lipinski definition) is 7. The molecule has 2 heterocycles. The van der Waals surface area contributed by atoms with Crippen LogP contribution < -0.4 is 0 Å². The van der Waals surface area contributed by atoms with Crippen molar-refractivity contribution in [3.05, 3.63) is 3.14 Å². The van der Waals surface area contributed by atoms with Crippen LogP contribution in [0.1, 0.15) is 0 Å². The van der Waals surface area contributed by atoms with E-state index in [4.69, 9.17) is 12.2 Å². The molecule has 15 heavy (non-hydrogen) atoms. The number of fused-ring (bicyclic) bond motifs is 1. The second kappa shape index (κ2) is 5.18. The Bertz CT molecular complexity index is 400. The standard InChI is InChI=1S/C8H10N2S5/c1-10(2)9-5-3-12-6-7(13-4-5)15-8(11)14-6/h3-4H2,1-2H3. The maximum absolute atomic E-state index is 5.20. The van der Waals surface area contributed by atoms with Crippen LogP contribution in [0, 0.1) is 3.14 Å². The number of hydrazone groups is 1. The Hall–Kier alpha value is 0.440. The summed E-state index contributed by atoms with van der Waals surface area (Å²) in [5.74, 6) is 1.97. The van der Waals surface area contributed by atoms with Crippen LogP contribution in [0.25, 0.3) is 0 Å². The van der Waals surface area contributed by atoms with Crippen molar-refractivity contribution < 1.29 is 0 Å². The van der Waals surface area contributed by atoms with Gasteiger partial charge >= 0.3 is 0 Å². The molecule has 2 rings (SSSR count). The van der Waals surface area contributed by atoms with Crippen molar-refractivity contribution in [2.75, 3.05) is 25.6 Å². The topological polar surface area (TPSA) is 15.6 Å². The Morgan fingerprint density at radius 3 is 2.13 bits per heavy atom. The Morgan fingerprint density at radius 2 is 1.67 bits per heavy atom. The van der Waals surface area contributed by atoms with E-state index in [1.807, 2.05) is 42.6 Å². The molecule has 0 amide bonds. The summed E-state index contributed by atoms with van der Waals surface area (Å²) < 4.78 is 3.78. The van der Waals surface area contributed by atoms with Crippen LogP contribution in [0.3, 0.4) is 0 Å². The van der Waals surface area contributed by atoms with Gasteiger partial charge in [-0.25, -0.2) is 0 Å². The lowest BCUT2D eigenvalue weighted by Crippen LogP contribution is -2.12. The van der Waals surface area contributed by atoms with E-state index in [1.54, 1.807) is 22.7 Å². The number of hydrogen-bond donors (Lipinski definition) is 0. The van der Waals surface area contributed by atoms with E-state index >= 15 is 0 Å². The minimum Gasteiger partial charge on any atom is -0.303 e. The smallest absolute Gasteiger partial charge is 0.145 e. The summed E-state index contributed by atoms with van der Waals surface area (Å²) in [7, 11) is 3.93. The highest BCUT2D eigenvalue weighted by Crippen LogP contribution is 2.42. The molecule has 0 aromatic carbocycles. The first-order valence-electron chi connectivity index (χ1n) is 4.28. The lowest BCUT2D eigenvalue weighted by atomic mass is 10.5. The first-order chi connectivity index (χ1) is 7.15.